The highest BCUT2D eigenvalue weighted by Crippen LogP contribution is 2.33. The number of rotatable bonds is 8. The van der Waals surface area contributed by atoms with Gasteiger partial charge in [0.2, 0.25) is 5.91 Å². The minimum atomic E-state index is -0.594. The molecule has 178 valence electrons. The Morgan fingerprint density at radius 3 is 2.68 bits per heavy atom. The molecule has 0 spiro atoms. The van der Waals surface area contributed by atoms with Crippen molar-refractivity contribution in [1.29, 1.82) is 0 Å². The van der Waals surface area contributed by atoms with Crippen LogP contribution >= 0.6 is 0 Å². The maximum Gasteiger partial charge on any atom is 0.267 e. The molecule has 1 atom stereocenters. The van der Waals surface area contributed by atoms with Crippen LogP contribution in [0.1, 0.15) is 24.5 Å². The largest absolute Gasteiger partial charge is 0.493 e. The van der Waals surface area contributed by atoms with E-state index in [0.29, 0.717) is 35.3 Å². The van der Waals surface area contributed by atoms with Gasteiger partial charge in [-0.1, -0.05) is 18.2 Å². The highest BCUT2D eigenvalue weighted by atomic mass is 16.5. The molecule has 1 aliphatic rings. The Morgan fingerprint density at radius 1 is 1.15 bits per heavy atom. The summed E-state index contributed by atoms with van der Waals surface area (Å²) in [4.78, 5) is 27.1. The third kappa shape index (κ3) is 4.68. The first kappa shape index (κ1) is 23.2. The molecule has 0 radical (unpaired) electrons. The fraction of sp³-hybridized carbons (Fsp3) is 0.320. The van der Waals surface area contributed by atoms with Crippen LogP contribution < -0.4 is 24.4 Å². The van der Waals surface area contributed by atoms with E-state index in [1.807, 2.05) is 49.4 Å². The SMILES string of the molecule is COc1ccc(Cn2ncc(C)c2NC(=O)CCN2C(=O)[C@@H](C)Oc3ccccc32)cc1OC. The van der Waals surface area contributed by atoms with Crippen molar-refractivity contribution in [2.24, 2.45) is 0 Å². The fourth-order valence-corrected chi connectivity index (χ4v) is 3.91. The molecule has 1 aliphatic heterocycles. The summed E-state index contributed by atoms with van der Waals surface area (Å²) in [6.45, 7) is 4.29. The molecule has 2 aromatic carbocycles. The molecule has 0 saturated heterocycles. The van der Waals surface area contributed by atoms with Gasteiger partial charge in [0, 0.05) is 18.5 Å². The lowest BCUT2D eigenvalue weighted by molar-refractivity contribution is -0.125. The van der Waals surface area contributed by atoms with Gasteiger partial charge in [-0.05, 0) is 43.7 Å². The van der Waals surface area contributed by atoms with Gasteiger partial charge in [-0.15, -0.1) is 0 Å². The maximum atomic E-state index is 12.8. The number of hydrogen-bond acceptors (Lipinski definition) is 6. The van der Waals surface area contributed by atoms with E-state index in [9.17, 15) is 9.59 Å². The quantitative estimate of drug-likeness (QED) is 0.549. The van der Waals surface area contributed by atoms with Crippen LogP contribution in [-0.2, 0) is 16.1 Å². The molecule has 0 aliphatic carbocycles. The van der Waals surface area contributed by atoms with Gasteiger partial charge in [-0.2, -0.15) is 5.10 Å². The number of ether oxygens (including phenoxy) is 3. The molecule has 4 rings (SSSR count). The molecule has 1 N–H and O–H groups in total. The smallest absolute Gasteiger partial charge is 0.267 e. The van der Waals surface area contributed by atoms with Gasteiger partial charge >= 0.3 is 0 Å². The van der Waals surface area contributed by atoms with E-state index in [0.717, 1.165) is 11.1 Å². The number of fused-ring (bicyclic) bond motifs is 1. The van der Waals surface area contributed by atoms with Crippen LogP contribution in [0.5, 0.6) is 17.2 Å². The van der Waals surface area contributed by atoms with Gasteiger partial charge in [0.25, 0.3) is 5.91 Å². The summed E-state index contributed by atoms with van der Waals surface area (Å²) in [6, 6.07) is 13.0. The van der Waals surface area contributed by atoms with Crippen LogP contribution in [0, 0.1) is 6.92 Å². The molecule has 0 fully saturated rings. The number of carbonyl (C=O) groups is 2. The molecule has 2 amide bonds. The summed E-state index contributed by atoms with van der Waals surface area (Å²) in [5.41, 5.74) is 2.46. The topological polar surface area (TPSA) is 94.9 Å². The Labute approximate surface area is 198 Å². The standard InChI is InChI=1S/C25H28N4O5/c1-16-14-26-29(15-18-9-10-21(32-3)22(13-18)33-4)24(16)27-23(30)11-12-28-19-7-5-6-8-20(19)34-17(2)25(28)31/h5-10,13-14,17H,11-12,15H2,1-4H3,(H,27,30)/t17-/m1/s1. The number of amides is 2. The Morgan fingerprint density at radius 2 is 1.91 bits per heavy atom. The Bertz CT molecular complexity index is 1210. The van der Waals surface area contributed by atoms with Crippen molar-refractivity contribution in [2.75, 3.05) is 31.0 Å². The number of hydrogen-bond donors (Lipinski definition) is 1. The van der Waals surface area contributed by atoms with Gasteiger partial charge < -0.3 is 24.4 Å². The summed E-state index contributed by atoms with van der Waals surface area (Å²) >= 11 is 0. The van der Waals surface area contributed by atoms with Crippen molar-refractivity contribution < 1.29 is 23.8 Å². The van der Waals surface area contributed by atoms with Crippen LogP contribution in [0.4, 0.5) is 11.5 Å². The van der Waals surface area contributed by atoms with E-state index >= 15 is 0 Å². The number of nitrogens with zero attached hydrogens (tertiary/aromatic N) is 3. The maximum absolute atomic E-state index is 12.8. The summed E-state index contributed by atoms with van der Waals surface area (Å²) in [7, 11) is 3.18. The lowest BCUT2D eigenvalue weighted by Gasteiger charge is -2.32. The molecule has 0 saturated carbocycles. The first-order valence-corrected chi connectivity index (χ1v) is 11.0. The average Bonchev–Trinajstić information content (AvgIpc) is 3.17. The highest BCUT2D eigenvalue weighted by Gasteiger charge is 2.31. The van der Waals surface area contributed by atoms with E-state index in [1.54, 1.807) is 36.9 Å². The van der Waals surface area contributed by atoms with Crippen molar-refractivity contribution >= 4 is 23.3 Å². The first-order chi connectivity index (χ1) is 16.4. The summed E-state index contributed by atoms with van der Waals surface area (Å²) in [6.07, 6.45) is 1.25. The Kier molecular flexibility index (Phi) is 6.72. The normalized spacial score (nSPS) is 14.9. The summed E-state index contributed by atoms with van der Waals surface area (Å²) in [5.74, 6) is 2.15. The first-order valence-electron chi connectivity index (χ1n) is 11.0. The number of carbonyl (C=O) groups excluding carboxylic acids is 2. The molecule has 0 unspecified atom stereocenters. The third-order valence-electron chi connectivity index (χ3n) is 5.70. The van der Waals surface area contributed by atoms with Crippen molar-refractivity contribution in [3.05, 3.63) is 59.8 Å². The Balaban J connectivity index is 1.45. The minimum Gasteiger partial charge on any atom is -0.493 e. The number of anilines is 2. The molecule has 9 nitrogen and oxygen atoms in total. The number of aromatic nitrogens is 2. The van der Waals surface area contributed by atoms with Gasteiger partial charge in [0.05, 0.1) is 32.6 Å². The van der Waals surface area contributed by atoms with E-state index in [2.05, 4.69) is 10.4 Å². The van der Waals surface area contributed by atoms with Gasteiger partial charge in [-0.25, -0.2) is 4.68 Å². The molecule has 34 heavy (non-hydrogen) atoms. The number of para-hydroxylation sites is 2. The monoisotopic (exact) mass is 464 g/mol. The molecular weight excluding hydrogens is 436 g/mol. The minimum absolute atomic E-state index is 0.133. The molecule has 0 bridgehead atoms. The molecular formula is C25H28N4O5. The highest BCUT2D eigenvalue weighted by molar-refractivity contribution is 6.00. The zero-order chi connectivity index (χ0) is 24.2. The zero-order valence-corrected chi connectivity index (χ0v) is 19.7. The second kappa shape index (κ2) is 9.86. The van der Waals surface area contributed by atoms with Crippen LogP contribution in [-0.4, -0.2) is 48.5 Å². The third-order valence-corrected chi connectivity index (χ3v) is 5.70. The van der Waals surface area contributed by atoms with Crippen LogP contribution in [0.15, 0.2) is 48.7 Å². The second-order valence-corrected chi connectivity index (χ2v) is 8.04. The van der Waals surface area contributed by atoms with Crippen LogP contribution in [0.25, 0.3) is 0 Å². The van der Waals surface area contributed by atoms with E-state index in [-0.39, 0.29) is 24.8 Å². The van der Waals surface area contributed by atoms with Crippen molar-refractivity contribution in [3.8, 4) is 17.2 Å². The predicted octanol–water partition coefficient (Wildman–Crippen LogP) is 3.40. The van der Waals surface area contributed by atoms with E-state index in [4.69, 9.17) is 14.2 Å². The van der Waals surface area contributed by atoms with Crippen LogP contribution in [0.2, 0.25) is 0 Å². The van der Waals surface area contributed by atoms with Crippen molar-refractivity contribution in [3.63, 3.8) is 0 Å². The van der Waals surface area contributed by atoms with E-state index in [1.165, 1.54) is 0 Å². The van der Waals surface area contributed by atoms with E-state index < -0.39 is 6.10 Å². The lowest BCUT2D eigenvalue weighted by Crippen LogP contribution is -2.45. The predicted molar refractivity (Wildman–Crippen MR) is 128 cm³/mol. The Hall–Kier alpha value is -4.01. The average molecular weight is 465 g/mol. The second-order valence-electron chi connectivity index (χ2n) is 8.04. The zero-order valence-electron chi connectivity index (χ0n) is 19.7. The molecule has 1 aromatic heterocycles. The van der Waals surface area contributed by atoms with Crippen molar-refractivity contribution in [2.45, 2.75) is 32.9 Å². The number of nitrogens with one attached hydrogen (secondary N) is 1. The summed E-state index contributed by atoms with van der Waals surface area (Å²) < 4.78 is 18.1. The van der Waals surface area contributed by atoms with Gasteiger partial charge in [0.15, 0.2) is 17.6 Å². The van der Waals surface area contributed by atoms with Crippen LogP contribution in [0.3, 0.4) is 0 Å². The summed E-state index contributed by atoms with van der Waals surface area (Å²) in [5, 5.41) is 7.37. The lowest BCUT2D eigenvalue weighted by atomic mass is 10.1. The number of aryl methyl sites for hydroxylation is 1. The van der Waals surface area contributed by atoms with Gasteiger partial charge in [0.1, 0.15) is 11.6 Å². The molecule has 3 aromatic rings. The fourth-order valence-electron chi connectivity index (χ4n) is 3.91. The van der Waals surface area contributed by atoms with Crippen molar-refractivity contribution in [1.82, 2.24) is 9.78 Å². The number of benzene rings is 2. The molecule has 9 heteroatoms. The number of methoxy groups -OCH3 is 2. The molecule has 2 heterocycles. The van der Waals surface area contributed by atoms with Gasteiger partial charge in [-0.3, -0.25) is 9.59 Å².